The first kappa shape index (κ1) is 23.2. The van der Waals surface area contributed by atoms with E-state index in [0.29, 0.717) is 18.0 Å². The Bertz CT molecular complexity index is 684. The molecule has 148 valence electrons. The molecule has 1 amide bonds. The van der Waals surface area contributed by atoms with E-state index in [0.717, 1.165) is 0 Å². The zero-order valence-corrected chi connectivity index (χ0v) is 16.2. The van der Waals surface area contributed by atoms with Gasteiger partial charge in [-0.15, -0.1) is 0 Å². The molecule has 0 aliphatic rings. The van der Waals surface area contributed by atoms with Crippen molar-refractivity contribution in [2.75, 3.05) is 18.1 Å². The number of aliphatic imine (C=N–C) groups is 1. The van der Waals surface area contributed by atoms with Gasteiger partial charge in [0.15, 0.2) is 5.83 Å². The van der Waals surface area contributed by atoms with Crippen LogP contribution in [0.25, 0.3) is 0 Å². The smallest absolute Gasteiger partial charge is 0.301 e. The van der Waals surface area contributed by atoms with Crippen molar-refractivity contribution in [3.8, 4) is 0 Å². The molecule has 0 saturated carbocycles. The van der Waals surface area contributed by atoms with Crippen molar-refractivity contribution in [1.29, 1.82) is 5.41 Å². The first-order chi connectivity index (χ1) is 12.9. The molecule has 0 aliphatic heterocycles. The highest BCUT2D eigenvalue weighted by Crippen LogP contribution is 2.17. The van der Waals surface area contributed by atoms with Gasteiger partial charge in [-0.3, -0.25) is 20.2 Å². The quantitative estimate of drug-likeness (QED) is 0.412. The highest BCUT2D eigenvalue weighted by atomic mass is 35.5. The largest absolute Gasteiger partial charge is 0.328 e. The summed E-state index contributed by atoms with van der Waals surface area (Å²) in [6.45, 7) is 2.06. The van der Waals surface area contributed by atoms with Gasteiger partial charge in [0.1, 0.15) is 11.2 Å². The first-order valence-corrected chi connectivity index (χ1v) is 9.65. The summed E-state index contributed by atoms with van der Waals surface area (Å²) in [6, 6.07) is 2.62. The van der Waals surface area contributed by atoms with Crippen LogP contribution in [0.5, 0.6) is 0 Å². The Morgan fingerprint density at radius 1 is 1.41 bits per heavy atom. The van der Waals surface area contributed by atoms with E-state index in [1.54, 1.807) is 25.3 Å². The lowest BCUT2D eigenvalue weighted by Crippen LogP contribution is -2.44. The summed E-state index contributed by atoms with van der Waals surface area (Å²) in [6.07, 6.45) is 1.98. The summed E-state index contributed by atoms with van der Waals surface area (Å²) in [5.74, 6) is -1.18. The Balaban J connectivity index is 2.61. The molecule has 0 fully saturated rings. The molecular weight excluding hydrogens is 401 g/mol. The molecular formula is C17H20ClF3N4OS. The Hall–Kier alpha value is -1.87. The van der Waals surface area contributed by atoms with Gasteiger partial charge in [-0.2, -0.15) is 20.5 Å². The summed E-state index contributed by atoms with van der Waals surface area (Å²) in [4.78, 5) is 21.9. The summed E-state index contributed by atoms with van der Waals surface area (Å²) >= 11 is 7.04. The maximum atomic E-state index is 12.7. The number of hydrogen-bond donors (Lipinski definition) is 1. The maximum Gasteiger partial charge on any atom is 0.301 e. The number of nitrogens with zero attached hydrogens (tertiary/aromatic N) is 3. The zero-order chi connectivity index (χ0) is 20.2. The van der Waals surface area contributed by atoms with Gasteiger partial charge in [-0.25, -0.2) is 4.39 Å². The number of carbonyl (C=O) groups excluding carboxylic acids is 1. The van der Waals surface area contributed by atoms with Crippen LogP contribution in [0.2, 0.25) is 0 Å². The number of rotatable bonds is 11. The molecule has 5 nitrogen and oxygen atoms in total. The molecule has 10 heteroatoms. The molecule has 0 saturated heterocycles. The monoisotopic (exact) mass is 420 g/mol. The molecule has 1 unspecified atom stereocenters. The maximum absolute atomic E-state index is 12.7. The van der Waals surface area contributed by atoms with Crippen LogP contribution in [0.3, 0.4) is 0 Å². The second-order valence-electron chi connectivity index (χ2n) is 5.24. The molecule has 27 heavy (non-hydrogen) atoms. The average molecular weight is 421 g/mol. The first-order valence-electron chi connectivity index (χ1n) is 8.11. The third-order valence-corrected chi connectivity index (χ3v) is 4.61. The standard InChI is InChI=1S/C17H20ClF3N4OS/c1-2-25(15(26)6-9-27-8-5-13(19)17(20)21)14(16(18)22)11-24-12-4-3-7-23-10-12/h3-4,7,10-11,14,22H,2,5-6,8-9H2,1H3. The van der Waals surface area contributed by atoms with E-state index in [1.807, 2.05) is 0 Å². The molecule has 1 heterocycles. The Kier molecular flexibility index (Phi) is 10.7. The minimum Gasteiger partial charge on any atom is -0.328 e. The molecule has 0 aromatic carbocycles. The lowest BCUT2D eigenvalue weighted by Gasteiger charge is -2.26. The molecule has 0 bridgehead atoms. The summed E-state index contributed by atoms with van der Waals surface area (Å²) < 4.78 is 36.6. The Morgan fingerprint density at radius 2 is 2.11 bits per heavy atom. The van der Waals surface area contributed by atoms with E-state index in [4.69, 9.17) is 17.0 Å². The van der Waals surface area contributed by atoms with Crippen LogP contribution in [0.15, 0.2) is 41.4 Å². The van der Waals surface area contributed by atoms with Gasteiger partial charge in [0.25, 0.3) is 0 Å². The predicted molar refractivity (Wildman–Crippen MR) is 104 cm³/mol. The number of amides is 1. The van der Waals surface area contributed by atoms with Crippen molar-refractivity contribution in [2.45, 2.75) is 25.8 Å². The van der Waals surface area contributed by atoms with Crippen molar-refractivity contribution in [3.05, 3.63) is 36.4 Å². The Labute approximate surface area is 165 Å². The van der Waals surface area contributed by atoms with E-state index in [1.165, 1.54) is 29.1 Å². The van der Waals surface area contributed by atoms with Crippen LogP contribution in [-0.4, -0.2) is 51.3 Å². The van der Waals surface area contributed by atoms with E-state index in [-0.39, 0.29) is 29.7 Å². The van der Waals surface area contributed by atoms with Gasteiger partial charge in [0.2, 0.25) is 5.91 Å². The van der Waals surface area contributed by atoms with Gasteiger partial charge in [-0.1, -0.05) is 11.6 Å². The van der Waals surface area contributed by atoms with Gasteiger partial charge in [0, 0.05) is 37.6 Å². The molecule has 1 atom stereocenters. The van der Waals surface area contributed by atoms with Gasteiger partial charge in [0.05, 0.1) is 11.9 Å². The topological polar surface area (TPSA) is 69.4 Å². The van der Waals surface area contributed by atoms with Crippen molar-refractivity contribution in [2.24, 2.45) is 4.99 Å². The second kappa shape index (κ2) is 12.5. The molecule has 1 rings (SSSR count). The molecule has 1 aromatic rings. The van der Waals surface area contributed by atoms with Crippen molar-refractivity contribution < 1.29 is 18.0 Å². The fourth-order valence-corrected chi connectivity index (χ4v) is 3.08. The Morgan fingerprint density at radius 3 is 2.67 bits per heavy atom. The number of thioether (sulfide) groups is 1. The molecule has 0 radical (unpaired) electrons. The van der Waals surface area contributed by atoms with E-state index < -0.39 is 17.9 Å². The fraction of sp³-hybridized carbons (Fsp3) is 0.412. The normalized spacial score (nSPS) is 12.0. The minimum absolute atomic E-state index is 0.114. The number of hydrogen-bond acceptors (Lipinski definition) is 5. The summed E-state index contributed by atoms with van der Waals surface area (Å²) in [5, 5.41) is 7.46. The van der Waals surface area contributed by atoms with Gasteiger partial charge < -0.3 is 4.90 Å². The fourth-order valence-electron chi connectivity index (χ4n) is 2.06. The number of carbonyl (C=O) groups is 1. The van der Waals surface area contributed by atoms with Crippen LogP contribution < -0.4 is 0 Å². The lowest BCUT2D eigenvalue weighted by atomic mass is 10.2. The van der Waals surface area contributed by atoms with E-state index in [2.05, 4.69) is 9.98 Å². The van der Waals surface area contributed by atoms with Crippen molar-refractivity contribution in [1.82, 2.24) is 9.88 Å². The van der Waals surface area contributed by atoms with Crippen LogP contribution in [0.4, 0.5) is 18.9 Å². The third-order valence-electron chi connectivity index (χ3n) is 3.40. The molecule has 1 N–H and O–H groups in total. The lowest BCUT2D eigenvalue weighted by molar-refractivity contribution is -0.130. The minimum atomic E-state index is -2.31. The van der Waals surface area contributed by atoms with Crippen LogP contribution in [0, 0.1) is 5.41 Å². The molecule has 0 spiro atoms. The number of aromatic nitrogens is 1. The highest BCUT2D eigenvalue weighted by Gasteiger charge is 2.23. The average Bonchev–Trinajstić information content (AvgIpc) is 2.64. The van der Waals surface area contributed by atoms with Crippen LogP contribution >= 0.6 is 23.4 Å². The number of pyridine rings is 1. The third kappa shape index (κ3) is 8.57. The van der Waals surface area contributed by atoms with Crippen LogP contribution in [0.1, 0.15) is 19.8 Å². The highest BCUT2D eigenvalue weighted by molar-refractivity contribution is 7.99. The summed E-state index contributed by atoms with van der Waals surface area (Å²) in [5.41, 5.74) is 0.564. The zero-order valence-electron chi connectivity index (χ0n) is 14.7. The number of halogens is 4. The van der Waals surface area contributed by atoms with Gasteiger partial charge in [-0.05, 0) is 24.8 Å². The molecule has 0 aliphatic carbocycles. The van der Waals surface area contributed by atoms with E-state index in [9.17, 15) is 18.0 Å². The van der Waals surface area contributed by atoms with Crippen LogP contribution in [-0.2, 0) is 4.79 Å². The summed E-state index contributed by atoms with van der Waals surface area (Å²) in [7, 11) is 0. The molecule has 1 aromatic heterocycles. The van der Waals surface area contributed by atoms with E-state index >= 15 is 0 Å². The number of allylic oxidation sites excluding steroid dienone is 1. The van der Waals surface area contributed by atoms with Gasteiger partial charge >= 0.3 is 6.08 Å². The van der Waals surface area contributed by atoms with Crippen molar-refractivity contribution >= 4 is 46.3 Å². The number of nitrogens with one attached hydrogen (secondary N) is 1. The predicted octanol–water partition coefficient (Wildman–Crippen LogP) is 4.81. The van der Waals surface area contributed by atoms with Crippen molar-refractivity contribution in [3.63, 3.8) is 0 Å². The second-order valence-corrected chi connectivity index (χ2v) is 6.87. The SMILES string of the molecule is CCN(C(=O)CCSCCC(F)=C(F)F)C(C=Nc1cccnc1)C(=N)Cl.